The summed E-state index contributed by atoms with van der Waals surface area (Å²) in [6, 6.07) is 5.24. The topological polar surface area (TPSA) is 29.9 Å². The van der Waals surface area contributed by atoms with Crippen molar-refractivity contribution >= 4 is 11.3 Å². The molecule has 0 bridgehead atoms. The zero-order valence-corrected chi connectivity index (χ0v) is 14.8. The predicted molar refractivity (Wildman–Crippen MR) is 91.1 cm³/mol. The molecule has 2 atom stereocenters. The van der Waals surface area contributed by atoms with Gasteiger partial charge in [0, 0.05) is 39.6 Å². The first-order valence-corrected chi connectivity index (χ1v) is 8.59. The van der Waals surface area contributed by atoms with Crippen molar-refractivity contribution in [2.24, 2.45) is 0 Å². The first kappa shape index (κ1) is 16.2. The van der Waals surface area contributed by atoms with E-state index >= 15 is 0 Å². The lowest BCUT2D eigenvalue weighted by molar-refractivity contribution is 0.476. The van der Waals surface area contributed by atoms with Crippen LogP contribution in [0.1, 0.15) is 53.5 Å². The lowest BCUT2D eigenvalue weighted by atomic mass is 10.0. The lowest BCUT2D eigenvalue weighted by Gasteiger charge is -2.20. The molecule has 0 amide bonds. The van der Waals surface area contributed by atoms with E-state index in [1.54, 1.807) is 0 Å². The van der Waals surface area contributed by atoms with E-state index in [0.717, 1.165) is 18.7 Å². The number of aryl methyl sites for hydroxylation is 3. The maximum atomic E-state index is 4.62. The van der Waals surface area contributed by atoms with Crippen LogP contribution in [0.3, 0.4) is 0 Å². The van der Waals surface area contributed by atoms with E-state index in [9.17, 15) is 0 Å². The summed E-state index contributed by atoms with van der Waals surface area (Å²) in [5.74, 6) is 0. The molecule has 4 heteroatoms. The molecular weight excluding hydrogens is 278 g/mol. The van der Waals surface area contributed by atoms with Gasteiger partial charge < -0.3 is 5.32 Å². The minimum atomic E-state index is 0.335. The molecule has 2 aromatic heterocycles. The number of hydrogen-bond donors (Lipinski definition) is 1. The largest absolute Gasteiger partial charge is 0.307 e. The molecule has 1 N–H and O–H groups in total. The van der Waals surface area contributed by atoms with E-state index in [-0.39, 0.29) is 0 Å². The van der Waals surface area contributed by atoms with Gasteiger partial charge in [-0.15, -0.1) is 11.3 Å². The van der Waals surface area contributed by atoms with Gasteiger partial charge in [0.1, 0.15) is 0 Å². The van der Waals surface area contributed by atoms with Crippen molar-refractivity contribution in [3.05, 3.63) is 38.8 Å². The van der Waals surface area contributed by atoms with Gasteiger partial charge >= 0.3 is 0 Å². The Hall–Kier alpha value is -1.13. The molecule has 0 radical (unpaired) electrons. The fourth-order valence-corrected chi connectivity index (χ4v) is 4.13. The highest BCUT2D eigenvalue weighted by atomic mass is 32.1. The average Bonchev–Trinajstić information content (AvgIpc) is 2.92. The van der Waals surface area contributed by atoms with Gasteiger partial charge in [-0.25, -0.2) is 0 Å². The Labute approximate surface area is 132 Å². The van der Waals surface area contributed by atoms with Gasteiger partial charge in [-0.05, 0) is 60.1 Å². The highest BCUT2D eigenvalue weighted by Crippen LogP contribution is 2.23. The van der Waals surface area contributed by atoms with E-state index in [4.69, 9.17) is 0 Å². The van der Waals surface area contributed by atoms with Gasteiger partial charge in [0.05, 0.1) is 5.69 Å². The van der Waals surface area contributed by atoms with Crippen LogP contribution in [0.5, 0.6) is 0 Å². The fraction of sp³-hybridized carbons (Fsp3) is 0.588. The molecule has 0 saturated heterocycles. The number of nitrogens with one attached hydrogen (secondary N) is 1. The molecule has 0 fully saturated rings. The third-order valence-electron chi connectivity index (χ3n) is 4.01. The van der Waals surface area contributed by atoms with Gasteiger partial charge in [0.25, 0.3) is 0 Å². The summed E-state index contributed by atoms with van der Waals surface area (Å²) >= 11 is 1.90. The zero-order chi connectivity index (χ0) is 15.6. The van der Waals surface area contributed by atoms with Crippen molar-refractivity contribution in [1.29, 1.82) is 0 Å². The molecule has 0 aliphatic rings. The Morgan fingerprint density at radius 1 is 1.24 bits per heavy atom. The molecule has 0 aromatic carbocycles. The van der Waals surface area contributed by atoms with Crippen LogP contribution < -0.4 is 5.32 Å². The highest BCUT2D eigenvalue weighted by molar-refractivity contribution is 7.11. The monoisotopic (exact) mass is 305 g/mol. The minimum Gasteiger partial charge on any atom is -0.307 e. The maximum absolute atomic E-state index is 4.62. The standard InChI is InChI=1S/C17H27N3S/c1-7-20-15(6)17(14(5)19-20)13(4)18-11(2)10-16-9-8-12(3)21-16/h8-9,11,13,18H,7,10H2,1-6H3. The third kappa shape index (κ3) is 3.74. The second-order valence-corrected chi connectivity index (χ2v) is 7.28. The third-order valence-corrected chi connectivity index (χ3v) is 5.03. The van der Waals surface area contributed by atoms with Gasteiger partial charge in [-0.1, -0.05) is 0 Å². The van der Waals surface area contributed by atoms with Crippen molar-refractivity contribution in [1.82, 2.24) is 15.1 Å². The minimum absolute atomic E-state index is 0.335. The van der Waals surface area contributed by atoms with Crippen LogP contribution in [0.25, 0.3) is 0 Å². The molecule has 3 nitrogen and oxygen atoms in total. The van der Waals surface area contributed by atoms with Crippen LogP contribution in [-0.4, -0.2) is 15.8 Å². The van der Waals surface area contributed by atoms with Gasteiger partial charge in [-0.3, -0.25) is 4.68 Å². The summed E-state index contributed by atoms with van der Waals surface area (Å²) in [7, 11) is 0. The first-order valence-electron chi connectivity index (χ1n) is 7.77. The van der Waals surface area contributed by atoms with Crippen molar-refractivity contribution in [3.8, 4) is 0 Å². The van der Waals surface area contributed by atoms with Crippen molar-refractivity contribution in [2.45, 2.75) is 66.6 Å². The number of thiophene rings is 1. The van der Waals surface area contributed by atoms with E-state index in [1.807, 2.05) is 11.3 Å². The summed E-state index contributed by atoms with van der Waals surface area (Å²) in [5, 5.41) is 8.35. The van der Waals surface area contributed by atoms with E-state index in [2.05, 4.69) is 68.8 Å². The SMILES string of the molecule is CCn1nc(C)c(C(C)NC(C)Cc2ccc(C)s2)c1C. The Kier molecular flexibility index (Phi) is 5.22. The number of rotatable bonds is 6. The molecule has 0 spiro atoms. The normalized spacial score (nSPS) is 14.4. The smallest absolute Gasteiger partial charge is 0.0644 e. The van der Waals surface area contributed by atoms with Crippen molar-refractivity contribution in [2.75, 3.05) is 0 Å². The average molecular weight is 305 g/mol. The van der Waals surface area contributed by atoms with E-state index < -0.39 is 0 Å². The van der Waals surface area contributed by atoms with Gasteiger partial charge in [0.15, 0.2) is 0 Å². The molecule has 0 aliphatic carbocycles. The molecule has 2 unspecified atom stereocenters. The van der Waals surface area contributed by atoms with Crippen LogP contribution >= 0.6 is 11.3 Å². The molecular formula is C17H27N3S. The van der Waals surface area contributed by atoms with Crippen molar-refractivity contribution in [3.63, 3.8) is 0 Å². The Bertz CT molecular complexity index is 597. The van der Waals surface area contributed by atoms with Crippen molar-refractivity contribution < 1.29 is 0 Å². The summed E-state index contributed by atoms with van der Waals surface area (Å²) in [6.45, 7) is 14.0. The lowest BCUT2D eigenvalue weighted by Crippen LogP contribution is -2.31. The van der Waals surface area contributed by atoms with E-state index in [0.29, 0.717) is 12.1 Å². The van der Waals surface area contributed by atoms with Crippen LogP contribution in [-0.2, 0) is 13.0 Å². The molecule has 0 aliphatic heterocycles. The van der Waals surface area contributed by atoms with Gasteiger partial charge in [-0.2, -0.15) is 5.10 Å². The van der Waals surface area contributed by atoms with Crippen LogP contribution in [0.4, 0.5) is 0 Å². The molecule has 0 saturated carbocycles. The maximum Gasteiger partial charge on any atom is 0.0644 e. The highest BCUT2D eigenvalue weighted by Gasteiger charge is 2.18. The fourth-order valence-electron chi connectivity index (χ4n) is 3.11. The molecule has 2 heterocycles. The van der Waals surface area contributed by atoms with Gasteiger partial charge in [0.2, 0.25) is 0 Å². The van der Waals surface area contributed by atoms with Crippen LogP contribution in [0.15, 0.2) is 12.1 Å². The summed E-state index contributed by atoms with van der Waals surface area (Å²) < 4.78 is 2.09. The second kappa shape index (κ2) is 6.75. The zero-order valence-electron chi connectivity index (χ0n) is 14.0. The summed E-state index contributed by atoms with van der Waals surface area (Å²) in [5.41, 5.74) is 3.79. The summed E-state index contributed by atoms with van der Waals surface area (Å²) in [4.78, 5) is 2.85. The first-order chi connectivity index (χ1) is 9.92. The molecule has 2 rings (SSSR count). The van der Waals surface area contributed by atoms with Crippen LogP contribution in [0.2, 0.25) is 0 Å². The predicted octanol–water partition coefficient (Wildman–Crippen LogP) is 4.17. The quantitative estimate of drug-likeness (QED) is 0.868. The van der Waals surface area contributed by atoms with Crippen LogP contribution in [0, 0.1) is 20.8 Å². The number of hydrogen-bond acceptors (Lipinski definition) is 3. The van der Waals surface area contributed by atoms with E-state index in [1.165, 1.54) is 21.0 Å². The number of nitrogens with zero attached hydrogens (tertiary/aromatic N) is 2. The molecule has 116 valence electrons. The summed E-state index contributed by atoms with van der Waals surface area (Å²) in [6.07, 6.45) is 1.09. The Morgan fingerprint density at radius 2 is 1.95 bits per heavy atom. The Morgan fingerprint density at radius 3 is 2.48 bits per heavy atom. The number of aromatic nitrogens is 2. The molecule has 21 heavy (non-hydrogen) atoms. The molecule has 2 aromatic rings. The Balaban J connectivity index is 2.03. The second-order valence-electron chi connectivity index (χ2n) is 5.91.